The van der Waals surface area contributed by atoms with Gasteiger partial charge in [0, 0.05) is 57.8 Å². The molecule has 1 saturated heterocycles. The molecule has 0 unspecified atom stereocenters. The Balaban J connectivity index is 1.39. The van der Waals surface area contributed by atoms with Crippen LogP contribution in [0.2, 0.25) is 0 Å². The topological polar surface area (TPSA) is 57.5 Å². The molecule has 1 aromatic carbocycles. The first-order chi connectivity index (χ1) is 12.7. The van der Waals surface area contributed by atoms with Crippen molar-refractivity contribution >= 4 is 5.91 Å². The van der Waals surface area contributed by atoms with Gasteiger partial charge in [-0.05, 0) is 7.05 Å². The van der Waals surface area contributed by atoms with E-state index in [1.54, 1.807) is 0 Å². The first kappa shape index (κ1) is 17.2. The number of aromatic nitrogens is 3. The molecular weight excluding hydrogens is 328 g/mol. The predicted molar refractivity (Wildman–Crippen MR) is 99.7 cm³/mol. The molecule has 1 aromatic heterocycles. The Morgan fingerprint density at radius 2 is 1.73 bits per heavy atom. The fourth-order valence-electron chi connectivity index (χ4n) is 3.67. The molecule has 0 spiro atoms. The van der Waals surface area contributed by atoms with E-state index in [9.17, 15) is 4.79 Å². The van der Waals surface area contributed by atoms with E-state index in [4.69, 9.17) is 0 Å². The monoisotopic (exact) mass is 354 g/mol. The molecule has 0 saturated carbocycles. The van der Waals surface area contributed by atoms with Gasteiger partial charge < -0.3 is 14.4 Å². The van der Waals surface area contributed by atoms with Gasteiger partial charge >= 0.3 is 0 Å². The second-order valence-corrected chi connectivity index (χ2v) is 7.17. The van der Waals surface area contributed by atoms with Gasteiger partial charge in [-0.15, -0.1) is 10.2 Å². The zero-order valence-corrected chi connectivity index (χ0v) is 15.3. The number of nitrogens with zero attached hydrogens (tertiary/aromatic N) is 6. The highest BCUT2D eigenvalue weighted by Crippen LogP contribution is 2.20. The van der Waals surface area contributed by atoms with Crippen molar-refractivity contribution < 1.29 is 4.79 Å². The molecule has 2 aliphatic heterocycles. The average molecular weight is 354 g/mol. The minimum absolute atomic E-state index is 0.249. The van der Waals surface area contributed by atoms with Crippen LogP contribution >= 0.6 is 0 Å². The first-order valence-electron chi connectivity index (χ1n) is 9.37. The van der Waals surface area contributed by atoms with E-state index in [1.165, 1.54) is 0 Å². The number of rotatable bonds is 3. The van der Waals surface area contributed by atoms with Gasteiger partial charge in [-0.25, -0.2) is 0 Å². The molecule has 3 heterocycles. The molecule has 7 nitrogen and oxygen atoms in total. The molecule has 0 radical (unpaired) electrons. The number of hydrogen-bond donors (Lipinski definition) is 0. The lowest BCUT2D eigenvalue weighted by atomic mass is 10.2. The van der Waals surface area contributed by atoms with E-state index in [1.807, 2.05) is 23.1 Å². The van der Waals surface area contributed by atoms with Crippen molar-refractivity contribution in [1.82, 2.24) is 29.5 Å². The lowest BCUT2D eigenvalue weighted by Crippen LogP contribution is -2.50. The molecule has 26 heavy (non-hydrogen) atoms. The molecule has 0 bridgehead atoms. The van der Waals surface area contributed by atoms with Crippen molar-refractivity contribution in [2.45, 2.75) is 13.0 Å². The molecule has 0 aliphatic carbocycles. The maximum Gasteiger partial charge on any atom is 0.236 e. The summed E-state index contributed by atoms with van der Waals surface area (Å²) in [6.07, 6.45) is 0.829. The SMILES string of the molecule is CN1CCN(C(=O)CN2CCc3nnc(-c4ccccc4)n3CC2)CC1. The third-order valence-electron chi connectivity index (χ3n) is 5.37. The quantitative estimate of drug-likeness (QED) is 0.807. The second-order valence-electron chi connectivity index (χ2n) is 7.17. The van der Waals surface area contributed by atoms with Gasteiger partial charge in [0.2, 0.25) is 5.91 Å². The zero-order valence-electron chi connectivity index (χ0n) is 15.3. The van der Waals surface area contributed by atoms with Crippen molar-refractivity contribution in [1.29, 1.82) is 0 Å². The standard InChI is InChI=1S/C19H26N6O/c1-22-9-12-24(13-10-22)18(26)15-23-8-7-17-20-21-19(25(17)14-11-23)16-5-3-2-4-6-16/h2-6H,7-15H2,1H3. The van der Waals surface area contributed by atoms with Crippen LogP contribution in [0, 0.1) is 0 Å². The number of piperazine rings is 1. The molecule has 1 fully saturated rings. The molecule has 2 aromatic rings. The molecule has 1 amide bonds. The number of fused-ring (bicyclic) bond motifs is 1. The van der Waals surface area contributed by atoms with E-state index < -0.39 is 0 Å². The summed E-state index contributed by atoms with van der Waals surface area (Å²) in [5, 5.41) is 8.78. The molecule has 2 aliphatic rings. The smallest absolute Gasteiger partial charge is 0.236 e. The third-order valence-corrected chi connectivity index (χ3v) is 5.37. The maximum absolute atomic E-state index is 12.6. The summed E-state index contributed by atoms with van der Waals surface area (Å²) in [7, 11) is 2.11. The fraction of sp³-hybridized carbons (Fsp3) is 0.526. The Morgan fingerprint density at radius 1 is 0.962 bits per heavy atom. The third kappa shape index (κ3) is 3.64. The zero-order chi connectivity index (χ0) is 17.9. The van der Waals surface area contributed by atoms with E-state index in [0.717, 1.165) is 69.4 Å². The highest BCUT2D eigenvalue weighted by molar-refractivity contribution is 5.78. The van der Waals surface area contributed by atoms with Gasteiger partial charge in [-0.3, -0.25) is 9.69 Å². The van der Waals surface area contributed by atoms with Crippen LogP contribution in [-0.4, -0.2) is 88.2 Å². The van der Waals surface area contributed by atoms with Gasteiger partial charge in [0.1, 0.15) is 5.82 Å². The molecule has 4 rings (SSSR count). The molecular formula is C19H26N6O. The summed E-state index contributed by atoms with van der Waals surface area (Å²) >= 11 is 0. The summed E-state index contributed by atoms with van der Waals surface area (Å²) in [6.45, 7) is 6.64. The van der Waals surface area contributed by atoms with Crippen molar-refractivity contribution in [2.75, 3.05) is 52.9 Å². The highest BCUT2D eigenvalue weighted by atomic mass is 16.2. The largest absolute Gasteiger partial charge is 0.339 e. The number of carbonyl (C=O) groups excluding carboxylic acids is 1. The number of amides is 1. The summed E-state index contributed by atoms with van der Waals surface area (Å²) in [5.41, 5.74) is 1.09. The summed E-state index contributed by atoms with van der Waals surface area (Å²) in [6, 6.07) is 10.2. The van der Waals surface area contributed by atoms with Crippen LogP contribution in [0.15, 0.2) is 30.3 Å². The minimum Gasteiger partial charge on any atom is -0.339 e. The Hall–Kier alpha value is -2.25. The molecule has 138 valence electrons. The van der Waals surface area contributed by atoms with Gasteiger partial charge in [0.25, 0.3) is 0 Å². The van der Waals surface area contributed by atoms with Gasteiger partial charge in [0.05, 0.1) is 6.54 Å². The maximum atomic E-state index is 12.6. The Labute approximate surface area is 154 Å². The normalized spacial score (nSPS) is 19.2. The van der Waals surface area contributed by atoms with E-state index in [2.05, 4.69) is 43.7 Å². The molecule has 0 atom stereocenters. The summed E-state index contributed by atoms with van der Waals surface area (Å²) < 4.78 is 2.20. The molecule has 0 N–H and O–H groups in total. The van der Waals surface area contributed by atoms with Crippen molar-refractivity contribution in [3.8, 4) is 11.4 Å². The van der Waals surface area contributed by atoms with Gasteiger partial charge in [-0.1, -0.05) is 30.3 Å². The van der Waals surface area contributed by atoms with Crippen LogP contribution in [0.1, 0.15) is 5.82 Å². The lowest BCUT2D eigenvalue weighted by molar-refractivity contribution is -0.134. The second kappa shape index (κ2) is 7.55. The Kier molecular flexibility index (Phi) is 4.99. The van der Waals surface area contributed by atoms with E-state index >= 15 is 0 Å². The number of hydrogen-bond acceptors (Lipinski definition) is 5. The predicted octanol–water partition coefficient (Wildman–Crippen LogP) is 0.577. The van der Waals surface area contributed by atoms with Gasteiger partial charge in [0.15, 0.2) is 5.82 Å². The van der Waals surface area contributed by atoms with Crippen LogP contribution in [0.5, 0.6) is 0 Å². The first-order valence-corrected chi connectivity index (χ1v) is 9.37. The van der Waals surface area contributed by atoms with Crippen LogP contribution in [0.25, 0.3) is 11.4 Å². The fourth-order valence-corrected chi connectivity index (χ4v) is 3.67. The number of benzene rings is 1. The Bertz CT molecular complexity index is 751. The van der Waals surface area contributed by atoms with Crippen LogP contribution in [0.4, 0.5) is 0 Å². The number of likely N-dealkylation sites (N-methyl/N-ethyl adjacent to an activating group) is 1. The summed E-state index contributed by atoms with van der Waals surface area (Å²) in [5.74, 6) is 2.19. The average Bonchev–Trinajstić information content (AvgIpc) is 2.98. The lowest BCUT2D eigenvalue weighted by Gasteiger charge is -2.33. The van der Waals surface area contributed by atoms with Gasteiger partial charge in [-0.2, -0.15) is 0 Å². The van der Waals surface area contributed by atoms with Crippen LogP contribution in [0.3, 0.4) is 0 Å². The molecule has 7 heteroatoms. The summed E-state index contributed by atoms with van der Waals surface area (Å²) in [4.78, 5) is 19.1. The Morgan fingerprint density at radius 3 is 2.50 bits per heavy atom. The van der Waals surface area contributed by atoms with E-state index in [0.29, 0.717) is 6.54 Å². The van der Waals surface area contributed by atoms with E-state index in [-0.39, 0.29) is 5.91 Å². The van der Waals surface area contributed by atoms with Crippen LogP contribution < -0.4 is 0 Å². The van der Waals surface area contributed by atoms with Crippen LogP contribution in [-0.2, 0) is 17.8 Å². The van der Waals surface area contributed by atoms with Crippen molar-refractivity contribution in [2.24, 2.45) is 0 Å². The van der Waals surface area contributed by atoms with Crippen molar-refractivity contribution in [3.05, 3.63) is 36.2 Å². The number of carbonyl (C=O) groups is 1. The van der Waals surface area contributed by atoms with Crippen molar-refractivity contribution in [3.63, 3.8) is 0 Å². The minimum atomic E-state index is 0.249. The highest BCUT2D eigenvalue weighted by Gasteiger charge is 2.24.